The van der Waals surface area contributed by atoms with Gasteiger partial charge >= 0.3 is 5.97 Å². The molecule has 4 atom stereocenters. The highest BCUT2D eigenvalue weighted by molar-refractivity contribution is 8.01. The fourth-order valence-corrected chi connectivity index (χ4v) is 7.23. The Morgan fingerprint density at radius 2 is 1.58 bits per heavy atom. The fraction of sp³-hybridized carbons (Fsp3) is 0.414. The number of nitrogens with one attached hydrogen (secondary N) is 2. The number of benzene rings is 2. The quantitative estimate of drug-likeness (QED) is 0.281. The van der Waals surface area contributed by atoms with E-state index in [1.807, 2.05) is 42.5 Å². The first-order valence-corrected chi connectivity index (χ1v) is 13.7. The van der Waals surface area contributed by atoms with Crippen molar-refractivity contribution in [2.24, 2.45) is 11.8 Å². The molecule has 2 aromatic rings. The second-order valence-electron chi connectivity index (χ2n) is 9.54. The molecule has 2 heterocycles. The fourth-order valence-electron chi connectivity index (χ4n) is 5.22. The molecular weight excluding hydrogens is 472 g/mol. The Morgan fingerprint density at radius 3 is 2.31 bits per heavy atom. The monoisotopic (exact) mass is 506 g/mol. The maximum atomic E-state index is 12.5. The smallest absolute Gasteiger partial charge is 0.303 e. The number of amides is 2. The molecule has 3 N–H and O–H groups in total. The zero-order valence-electron chi connectivity index (χ0n) is 20.4. The minimum absolute atomic E-state index is 0.0403. The summed E-state index contributed by atoms with van der Waals surface area (Å²) in [6, 6.07) is 17.4. The van der Waals surface area contributed by atoms with E-state index in [1.165, 1.54) is 12.8 Å². The molecule has 6 nitrogen and oxygen atoms in total. The van der Waals surface area contributed by atoms with Gasteiger partial charge in [-0.1, -0.05) is 54.6 Å². The van der Waals surface area contributed by atoms with Crippen molar-refractivity contribution < 1.29 is 19.5 Å². The average molecular weight is 507 g/mol. The van der Waals surface area contributed by atoms with Crippen molar-refractivity contribution in [3.8, 4) is 11.1 Å². The summed E-state index contributed by atoms with van der Waals surface area (Å²) in [4.78, 5) is 35.6. The van der Waals surface area contributed by atoms with Gasteiger partial charge in [0, 0.05) is 29.0 Å². The van der Waals surface area contributed by atoms with Gasteiger partial charge in [-0.2, -0.15) is 11.8 Å². The van der Waals surface area contributed by atoms with Gasteiger partial charge in [0.25, 0.3) is 5.91 Å². The maximum absolute atomic E-state index is 12.5. The van der Waals surface area contributed by atoms with Crippen molar-refractivity contribution in [1.29, 1.82) is 0 Å². The molecule has 4 rings (SSSR count). The molecule has 0 aliphatic carbocycles. The van der Waals surface area contributed by atoms with Gasteiger partial charge in [-0.15, -0.1) is 0 Å². The predicted octanol–water partition coefficient (Wildman–Crippen LogP) is 4.91. The topological polar surface area (TPSA) is 95.5 Å². The summed E-state index contributed by atoms with van der Waals surface area (Å²) in [5, 5.41) is 15.7. The van der Waals surface area contributed by atoms with E-state index in [9.17, 15) is 14.4 Å². The molecule has 0 radical (unpaired) electrons. The molecule has 0 unspecified atom stereocenters. The van der Waals surface area contributed by atoms with Crippen LogP contribution in [0.2, 0.25) is 0 Å². The summed E-state index contributed by atoms with van der Waals surface area (Å²) in [5.74, 6) is -0.211. The summed E-state index contributed by atoms with van der Waals surface area (Å²) in [5.41, 5.74) is 2.66. The first-order valence-electron chi connectivity index (χ1n) is 12.7. The van der Waals surface area contributed by atoms with Crippen molar-refractivity contribution in [2.45, 2.75) is 49.0 Å². The highest BCUT2D eigenvalue weighted by Crippen LogP contribution is 2.54. The van der Waals surface area contributed by atoms with Crippen molar-refractivity contribution in [1.82, 2.24) is 10.6 Å². The Kier molecular flexibility index (Phi) is 9.23. The number of hydrogen-bond donors (Lipinski definition) is 3. The molecule has 0 saturated carbocycles. The number of rotatable bonds is 12. The van der Waals surface area contributed by atoms with Crippen LogP contribution in [0.4, 0.5) is 0 Å². The van der Waals surface area contributed by atoms with E-state index in [0.717, 1.165) is 24.0 Å². The summed E-state index contributed by atoms with van der Waals surface area (Å²) < 4.78 is 0. The second-order valence-corrected chi connectivity index (χ2v) is 11.0. The number of carboxylic acids is 1. The van der Waals surface area contributed by atoms with Gasteiger partial charge in [0.15, 0.2) is 0 Å². The third-order valence-corrected chi connectivity index (χ3v) is 9.00. The third kappa shape index (κ3) is 7.00. The maximum Gasteiger partial charge on any atom is 0.303 e. The van der Waals surface area contributed by atoms with E-state index in [1.54, 1.807) is 12.1 Å². The van der Waals surface area contributed by atoms with Crippen LogP contribution in [0, 0.1) is 11.8 Å². The van der Waals surface area contributed by atoms with Gasteiger partial charge in [-0.05, 0) is 67.2 Å². The van der Waals surface area contributed by atoms with Gasteiger partial charge in [-0.3, -0.25) is 14.4 Å². The van der Waals surface area contributed by atoms with Crippen LogP contribution in [0.3, 0.4) is 0 Å². The number of carbonyl (C=O) groups is 3. The Balaban J connectivity index is 1.20. The van der Waals surface area contributed by atoms with Crippen LogP contribution in [0.25, 0.3) is 11.1 Å². The molecule has 2 aliphatic rings. The number of aliphatic carboxylic acids is 1. The average Bonchev–Trinajstić information content (AvgIpc) is 3.50. The van der Waals surface area contributed by atoms with Crippen LogP contribution >= 0.6 is 11.8 Å². The van der Waals surface area contributed by atoms with E-state index in [-0.39, 0.29) is 24.8 Å². The van der Waals surface area contributed by atoms with E-state index in [4.69, 9.17) is 5.11 Å². The van der Waals surface area contributed by atoms with Gasteiger partial charge in [0.05, 0.1) is 6.54 Å². The lowest BCUT2D eigenvalue weighted by molar-refractivity contribution is -0.137. The molecule has 2 aromatic carbocycles. The number of hydrogen-bond acceptors (Lipinski definition) is 4. The molecule has 2 amide bonds. The van der Waals surface area contributed by atoms with Gasteiger partial charge < -0.3 is 15.7 Å². The lowest BCUT2D eigenvalue weighted by atomic mass is 9.77. The third-order valence-electron chi connectivity index (χ3n) is 7.13. The van der Waals surface area contributed by atoms with Crippen LogP contribution in [0.15, 0.2) is 66.7 Å². The second kappa shape index (κ2) is 12.8. The first-order chi connectivity index (χ1) is 17.5. The lowest BCUT2D eigenvalue weighted by Crippen LogP contribution is -2.42. The Labute approximate surface area is 216 Å². The molecule has 0 aromatic heterocycles. The number of fused-ring (bicyclic) bond motifs is 2. The van der Waals surface area contributed by atoms with E-state index >= 15 is 0 Å². The number of carbonyl (C=O) groups excluding carboxylic acids is 2. The Bertz CT molecular complexity index is 1070. The first kappa shape index (κ1) is 26.0. The molecule has 2 fully saturated rings. The Morgan fingerprint density at radius 1 is 0.889 bits per heavy atom. The summed E-state index contributed by atoms with van der Waals surface area (Å²) in [6.07, 6.45) is 9.34. The van der Waals surface area contributed by atoms with E-state index < -0.39 is 5.97 Å². The number of unbranched alkanes of at least 4 members (excludes halogenated alkanes) is 1. The minimum Gasteiger partial charge on any atom is -0.481 e. The standard InChI is InChI=1S/C29H34N2O4S/c32-27(19-31-29(35)22-14-12-21(13-15-22)20-8-4-3-5-9-20)30-18-24-23(25-16-17-26(24)36-25)10-6-1-2-7-11-28(33)34/h1,3-6,8-9,12-15,23-26H,2,7,10-11,16-19H2,(H,30,32)(H,31,35)(H,33,34)/t23-,24+,25-,26+/m1/s1. The molecule has 36 heavy (non-hydrogen) atoms. The highest BCUT2D eigenvalue weighted by Gasteiger charge is 2.47. The molecule has 2 saturated heterocycles. The summed E-state index contributed by atoms with van der Waals surface area (Å²) >= 11 is 2.05. The molecule has 7 heteroatoms. The largest absolute Gasteiger partial charge is 0.481 e. The van der Waals surface area contributed by atoms with Crippen LogP contribution in [-0.2, 0) is 9.59 Å². The van der Waals surface area contributed by atoms with Crippen LogP contribution in [0.1, 0.15) is 48.9 Å². The van der Waals surface area contributed by atoms with Gasteiger partial charge in [0.2, 0.25) is 5.91 Å². The molecular formula is C29H34N2O4S. The van der Waals surface area contributed by atoms with Crippen molar-refractivity contribution in [2.75, 3.05) is 13.1 Å². The molecule has 0 spiro atoms. The lowest BCUT2D eigenvalue weighted by Gasteiger charge is -2.29. The number of thioether (sulfide) groups is 1. The van der Waals surface area contributed by atoms with Crippen molar-refractivity contribution in [3.63, 3.8) is 0 Å². The normalized spacial score (nSPS) is 22.6. The van der Waals surface area contributed by atoms with Crippen LogP contribution in [-0.4, -0.2) is 46.5 Å². The minimum atomic E-state index is -0.749. The van der Waals surface area contributed by atoms with Crippen LogP contribution < -0.4 is 10.6 Å². The van der Waals surface area contributed by atoms with Crippen molar-refractivity contribution in [3.05, 3.63) is 72.3 Å². The molecule has 190 valence electrons. The van der Waals surface area contributed by atoms with Crippen molar-refractivity contribution >= 4 is 29.5 Å². The highest BCUT2D eigenvalue weighted by atomic mass is 32.2. The Hall–Kier alpha value is -3.06. The van der Waals surface area contributed by atoms with Gasteiger partial charge in [-0.25, -0.2) is 0 Å². The SMILES string of the molecule is O=C(O)CCCC=CC[C@@H]1[C@H](CNC(=O)CNC(=O)c2ccc(-c3ccccc3)cc2)[C@@H]2CC[C@H]1S2. The zero-order valence-corrected chi connectivity index (χ0v) is 21.2. The number of carboxylic acid groups (broad SMARTS) is 1. The summed E-state index contributed by atoms with van der Waals surface area (Å²) in [6.45, 7) is 0.591. The van der Waals surface area contributed by atoms with E-state index in [0.29, 0.717) is 40.9 Å². The molecule has 2 aliphatic heterocycles. The van der Waals surface area contributed by atoms with Gasteiger partial charge in [0.1, 0.15) is 0 Å². The van der Waals surface area contributed by atoms with Crippen LogP contribution in [0.5, 0.6) is 0 Å². The predicted molar refractivity (Wildman–Crippen MR) is 144 cm³/mol. The zero-order chi connectivity index (χ0) is 25.3. The number of allylic oxidation sites excluding steroid dienone is 2. The summed E-state index contributed by atoms with van der Waals surface area (Å²) in [7, 11) is 0. The molecule has 2 bridgehead atoms. The van der Waals surface area contributed by atoms with E-state index in [2.05, 4.69) is 34.5 Å².